The summed E-state index contributed by atoms with van der Waals surface area (Å²) in [7, 11) is 1.62. The molecule has 0 radical (unpaired) electrons. The summed E-state index contributed by atoms with van der Waals surface area (Å²) < 4.78 is 10.7. The Kier molecular flexibility index (Phi) is 7.01. The Balaban J connectivity index is 1.46. The van der Waals surface area contributed by atoms with E-state index in [0.29, 0.717) is 37.0 Å². The van der Waals surface area contributed by atoms with Gasteiger partial charge in [0.2, 0.25) is 5.82 Å². The lowest BCUT2D eigenvalue weighted by atomic mass is 10.1. The first-order chi connectivity index (χ1) is 16.1. The molecule has 4 aromatic rings. The Hall–Kier alpha value is -4.11. The van der Waals surface area contributed by atoms with Crippen LogP contribution in [0.4, 0.5) is 5.82 Å². The maximum Gasteiger partial charge on any atom is 0.294 e. The molecule has 9 heteroatoms. The van der Waals surface area contributed by atoms with Crippen LogP contribution in [-0.2, 0) is 11.2 Å². The topological polar surface area (TPSA) is 115 Å². The van der Waals surface area contributed by atoms with E-state index in [0.717, 1.165) is 22.4 Å². The number of aryl methyl sites for hydroxylation is 1. The molecule has 0 fully saturated rings. The number of ether oxygens (including phenoxy) is 2. The number of hydrogen-bond acceptors (Lipinski definition) is 7. The van der Waals surface area contributed by atoms with Crippen LogP contribution in [0.15, 0.2) is 60.9 Å². The third kappa shape index (κ3) is 5.78. The third-order valence-corrected chi connectivity index (χ3v) is 4.89. The number of aromatic nitrogens is 5. The zero-order valence-electron chi connectivity index (χ0n) is 18.4. The van der Waals surface area contributed by atoms with E-state index in [-0.39, 0.29) is 5.82 Å². The first-order valence-corrected chi connectivity index (χ1v) is 10.4. The number of carbonyl (C=O) groups is 1. The summed E-state index contributed by atoms with van der Waals surface area (Å²) in [6, 6.07) is 15.4. The summed E-state index contributed by atoms with van der Waals surface area (Å²) in [5.41, 5.74) is 3.64. The van der Waals surface area contributed by atoms with E-state index in [1.165, 1.54) is 0 Å². The Morgan fingerprint density at radius 1 is 1.06 bits per heavy atom. The van der Waals surface area contributed by atoms with Gasteiger partial charge in [0.25, 0.3) is 5.91 Å². The third-order valence-electron chi connectivity index (χ3n) is 4.89. The van der Waals surface area contributed by atoms with E-state index in [2.05, 4.69) is 30.5 Å². The molecule has 0 aliphatic carbocycles. The molecule has 168 valence electrons. The Morgan fingerprint density at radius 3 is 2.73 bits per heavy atom. The lowest BCUT2D eigenvalue weighted by Gasteiger charge is -2.11. The number of amides is 1. The van der Waals surface area contributed by atoms with Gasteiger partial charge < -0.3 is 19.8 Å². The molecule has 4 rings (SSSR count). The lowest BCUT2D eigenvalue weighted by molar-refractivity contribution is 0.101. The highest BCUT2D eigenvalue weighted by atomic mass is 16.5. The second-order valence-corrected chi connectivity index (χ2v) is 7.31. The van der Waals surface area contributed by atoms with Crippen LogP contribution >= 0.6 is 0 Å². The van der Waals surface area contributed by atoms with Crippen LogP contribution in [-0.4, -0.2) is 51.4 Å². The van der Waals surface area contributed by atoms with Crippen molar-refractivity contribution in [3.63, 3.8) is 0 Å². The molecule has 3 aromatic heterocycles. The molecule has 0 unspecified atom stereocenters. The molecule has 0 saturated heterocycles. The molecule has 0 atom stereocenters. The predicted octanol–water partition coefficient (Wildman–Crippen LogP) is 3.44. The summed E-state index contributed by atoms with van der Waals surface area (Å²) in [5, 5.41) is 10.8. The molecule has 3 heterocycles. The minimum atomic E-state index is -0.419. The summed E-state index contributed by atoms with van der Waals surface area (Å²) in [6.45, 7) is 2.83. The largest absolute Gasteiger partial charge is 0.490 e. The van der Waals surface area contributed by atoms with E-state index in [1.54, 1.807) is 25.6 Å². The van der Waals surface area contributed by atoms with E-state index in [4.69, 9.17) is 9.47 Å². The zero-order valence-corrected chi connectivity index (χ0v) is 18.4. The van der Waals surface area contributed by atoms with Gasteiger partial charge in [-0.25, -0.2) is 4.98 Å². The van der Waals surface area contributed by atoms with E-state index in [9.17, 15) is 4.79 Å². The molecular formula is C24H24N6O3. The van der Waals surface area contributed by atoms with Crippen LogP contribution in [0, 0.1) is 6.92 Å². The number of H-pyrrole nitrogens is 1. The summed E-state index contributed by atoms with van der Waals surface area (Å²) in [4.78, 5) is 24.3. The molecule has 0 aliphatic heterocycles. The average Bonchev–Trinajstić information content (AvgIpc) is 3.30. The van der Waals surface area contributed by atoms with Gasteiger partial charge in [-0.3, -0.25) is 9.78 Å². The zero-order chi connectivity index (χ0) is 23.0. The number of nitrogens with one attached hydrogen (secondary N) is 2. The maximum atomic E-state index is 12.7. The van der Waals surface area contributed by atoms with Crippen LogP contribution in [0.1, 0.15) is 27.7 Å². The van der Waals surface area contributed by atoms with E-state index < -0.39 is 5.91 Å². The molecule has 0 bridgehead atoms. The van der Waals surface area contributed by atoms with Gasteiger partial charge in [-0.05, 0) is 36.2 Å². The predicted molar refractivity (Wildman–Crippen MR) is 123 cm³/mol. The van der Waals surface area contributed by atoms with Crippen molar-refractivity contribution in [2.45, 2.75) is 13.3 Å². The SMILES string of the molecule is COCCOc1cnc(C)c(-c2ccnc(NC(=O)c3nnc(Cc4ccccc4)[nH]3)c2)c1. The smallest absolute Gasteiger partial charge is 0.294 e. The molecule has 0 spiro atoms. The molecule has 0 aliphatic rings. The van der Waals surface area contributed by atoms with Gasteiger partial charge in [0.1, 0.15) is 24.0 Å². The highest BCUT2D eigenvalue weighted by Crippen LogP contribution is 2.27. The number of aromatic amines is 1. The highest BCUT2D eigenvalue weighted by molar-refractivity contribution is 6.01. The van der Waals surface area contributed by atoms with Gasteiger partial charge >= 0.3 is 0 Å². The van der Waals surface area contributed by atoms with Crippen molar-refractivity contribution in [1.82, 2.24) is 25.1 Å². The van der Waals surface area contributed by atoms with Crippen molar-refractivity contribution in [1.29, 1.82) is 0 Å². The number of anilines is 1. The van der Waals surface area contributed by atoms with Gasteiger partial charge in [0, 0.05) is 31.0 Å². The van der Waals surface area contributed by atoms with Gasteiger partial charge in [0.05, 0.1) is 12.8 Å². The Morgan fingerprint density at radius 2 is 1.91 bits per heavy atom. The number of benzene rings is 1. The summed E-state index contributed by atoms with van der Waals surface area (Å²) >= 11 is 0. The molecule has 0 saturated carbocycles. The first-order valence-electron chi connectivity index (χ1n) is 10.4. The van der Waals surface area contributed by atoms with Crippen LogP contribution in [0.5, 0.6) is 5.75 Å². The highest BCUT2D eigenvalue weighted by Gasteiger charge is 2.14. The molecular weight excluding hydrogens is 420 g/mol. The van der Waals surface area contributed by atoms with Gasteiger partial charge in [-0.1, -0.05) is 30.3 Å². The second kappa shape index (κ2) is 10.5. The monoisotopic (exact) mass is 444 g/mol. The molecule has 1 aromatic carbocycles. The molecule has 9 nitrogen and oxygen atoms in total. The Bertz CT molecular complexity index is 1230. The molecule has 2 N–H and O–H groups in total. The fourth-order valence-corrected chi connectivity index (χ4v) is 3.24. The van der Waals surface area contributed by atoms with Gasteiger partial charge in [0.15, 0.2) is 0 Å². The van der Waals surface area contributed by atoms with Crippen LogP contribution in [0.25, 0.3) is 11.1 Å². The van der Waals surface area contributed by atoms with Crippen LogP contribution in [0.3, 0.4) is 0 Å². The standard InChI is InChI=1S/C24H24N6O3/c1-16-20(14-19(15-26-16)33-11-10-32-2)18-8-9-25-21(13-18)28-24(31)23-27-22(29-30-23)12-17-6-4-3-5-7-17/h3-9,13-15H,10-12H2,1-2H3,(H,25,28,31)(H,27,29,30). The maximum absolute atomic E-state index is 12.7. The van der Waals surface area contributed by atoms with Crippen LogP contribution in [0.2, 0.25) is 0 Å². The fourth-order valence-electron chi connectivity index (χ4n) is 3.24. The number of methoxy groups -OCH3 is 1. The normalized spacial score (nSPS) is 10.7. The van der Waals surface area contributed by atoms with Crippen molar-refractivity contribution < 1.29 is 14.3 Å². The molecule has 1 amide bonds. The number of carbonyl (C=O) groups excluding carboxylic acids is 1. The van der Waals surface area contributed by atoms with E-state index in [1.807, 2.05) is 49.4 Å². The van der Waals surface area contributed by atoms with Crippen molar-refractivity contribution in [2.75, 3.05) is 25.6 Å². The number of hydrogen-bond donors (Lipinski definition) is 2. The number of nitrogens with zero attached hydrogens (tertiary/aromatic N) is 4. The van der Waals surface area contributed by atoms with Crippen molar-refractivity contribution >= 4 is 11.7 Å². The number of pyridine rings is 2. The fraction of sp³-hybridized carbons (Fsp3) is 0.208. The summed E-state index contributed by atoms with van der Waals surface area (Å²) in [6.07, 6.45) is 3.86. The molecule has 33 heavy (non-hydrogen) atoms. The minimum absolute atomic E-state index is 0.125. The Labute approximate surface area is 191 Å². The quantitative estimate of drug-likeness (QED) is 0.380. The van der Waals surface area contributed by atoms with Crippen molar-refractivity contribution in [3.8, 4) is 16.9 Å². The summed E-state index contributed by atoms with van der Waals surface area (Å²) in [5.74, 6) is 1.35. The van der Waals surface area contributed by atoms with E-state index >= 15 is 0 Å². The van der Waals surface area contributed by atoms with Gasteiger partial charge in [-0.2, -0.15) is 0 Å². The average molecular weight is 444 g/mol. The minimum Gasteiger partial charge on any atom is -0.490 e. The second-order valence-electron chi connectivity index (χ2n) is 7.31. The lowest BCUT2D eigenvalue weighted by Crippen LogP contribution is -2.14. The first kappa shape index (κ1) is 22.1. The van der Waals surface area contributed by atoms with Gasteiger partial charge in [-0.15, -0.1) is 10.2 Å². The number of rotatable bonds is 9. The van der Waals surface area contributed by atoms with Crippen molar-refractivity contribution in [2.24, 2.45) is 0 Å². The van der Waals surface area contributed by atoms with Crippen LogP contribution < -0.4 is 10.1 Å². The van der Waals surface area contributed by atoms with Crippen molar-refractivity contribution in [3.05, 3.63) is 83.8 Å².